The number of hydrogen-bond acceptors (Lipinski definition) is 3. The summed E-state index contributed by atoms with van der Waals surface area (Å²) in [5, 5.41) is 11.4. The van der Waals surface area contributed by atoms with E-state index in [1.54, 1.807) is 24.3 Å². The number of non-ortho nitro benzene ring substituents is 1. The van der Waals surface area contributed by atoms with Gasteiger partial charge in [-0.1, -0.05) is 11.6 Å². The smallest absolute Gasteiger partial charge is 0.258 e. The molecule has 1 aromatic carbocycles. The second kappa shape index (κ2) is 4.33. The molecule has 2 aromatic rings. The van der Waals surface area contributed by atoms with Crippen molar-refractivity contribution in [3.05, 3.63) is 51.7 Å². The zero-order valence-corrected chi connectivity index (χ0v) is 9.68. The number of allylic oxidation sites excluding steroid dienone is 1. The van der Waals surface area contributed by atoms with E-state index in [2.05, 4.69) is 4.98 Å². The van der Waals surface area contributed by atoms with Gasteiger partial charge in [-0.15, -0.1) is 0 Å². The predicted molar refractivity (Wildman–Crippen MR) is 67.7 cm³/mol. The van der Waals surface area contributed by atoms with Gasteiger partial charge in [-0.25, -0.2) is 4.98 Å². The quantitative estimate of drug-likeness (QED) is 0.583. The number of nitro benzene ring substituents is 1. The summed E-state index contributed by atoms with van der Waals surface area (Å²) in [4.78, 5) is 14.8. The van der Waals surface area contributed by atoms with E-state index in [1.807, 2.05) is 19.9 Å². The highest BCUT2D eigenvalue weighted by Gasteiger charge is 2.11. The molecule has 0 saturated carbocycles. The first kappa shape index (κ1) is 11.3. The Hall–Kier alpha value is -2.23. The Kier molecular flexibility index (Phi) is 2.87. The number of aromatic nitrogens is 1. The molecule has 0 aliphatic rings. The van der Waals surface area contributed by atoms with Crippen LogP contribution in [0.5, 0.6) is 0 Å². The minimum Gasteiger partial charge on any atom is -0.258 e. The zero-order chi connectivity index (χ0) is 12.4. The van der Waals surface area contributed by atoms with Crippen LogP contribution in [0, 0.1) is 10.1 Å². The van der Waals surface area contributed by atoms with Gasteiger partial charge in [0.05, 0.1) is 21.5 Å². The summed E-state index contributed by atoms with van der Waals surface area (Å²) in [6, 6.07) is 8.46. The fraction of sp³-hybridized carbons (Fsp3) is 0.154. The number of fused-ring (bicyclic) bond motifs is 1. The molecule has 4 heteroatoms. The molecule has 4 nitrogen and oxygen atoms in total. The first-order valence-electron chi connectivity index (χ1n) is 5.27. The monoisotopic (exact) mass is 228 g/mol. The maximum atomic E-state index is 10.8. The Balaban J connectivity index is 2.65. The number of nitrogens with zero attached hydrogens (tertiary/aromatic N) is 2. The summed E-state index contributed by atoms with van der Waals surface area (Å²) < 4.78 is 0. The average molecular weight is 228 g/mol. The van der Waals surface area contributed by atoms with E-state index in [4.69, 9.17) is 0 Å². The highest BCUT2D eigenvalue weighted by Crippen LogP contribution is 2.24. The molecule has 1 aromatic heterocycles. The van der Waals surface area contributed by atoms with Gasteiger partial charge in [-0.05, 0) is 38.1 Å². The van der Waals surface area contributed by atoms with Crippen molar-refractivity contribution in [1.82, 2.24) is 4.98 Å². The molecule has 0 unspecified atom stereocenters. The van der Waals surface area contributed by atoms with Crippen LogP contribution in [0.25, 0.3) is 17.0 Å². The fourth-order valence-electron chi connectivity index (χ4n) is 1.69. The molecule has 0 fully saturated rings. The average Bonchev–Trinajstić information content (AvgIpc) is 2.26. The van der Waals surface area contributed by atoms with Gasteiger partial charge in [0, 0.05) is 6.07 Å². The number of benzene rings is 1. The number of hydrogen-bond donors (Lipinski definition) is 0. The van der Waals surface area contributed by atoms with E-state index in [0.29, 0.717) is 10.9 Å². The first-order valence-corrected chi connectivity index (χ1v) is 5.27. The molecule has 0 bridgehead atoms. The molecule has 0 spiro atoms. The van der Waals surface area contributed by atoms with Gasteiger partial charge in [-0.2, -0.15) is 0 Å². The van der Waals surface area contributed by atoms with Gasteiger partial charge < -0.3 is 0 Å². The summed E-state index contributed by atoms with van der Waals surface area (Å²) >= 11 is 0. The normalized spacial score (nSPS) is 10.2. The lowest BCUT2D eigenvalue weighted by atomic mass is 10.1. The van der Waals surface area contributed by atoms with Crippen LogP contribution in [0.3, 0.4) is 0 Å². The van der Waals surface area contributed by atoms with Gasteiger partial charge in [0.15, 0.2) is 0 Å². The maximum absolute atomic E-state index is 10.8. The molecule has 0 saturated heterocycles. The molecule has 17 heavy (non-hydrogen) atoms. The highest BCUT2D eigenvalue weighted by atomic mass is 16.6. The third kappa shape index (κ3) is 2.30. The van der Waals surface area contributed by atoms with Crippen molar-refractivity contribution in [1.29, 1.82) is 0 Å². The lowest BCUT2D eigenvalue weighted by molar-refractivity contribution is -0.383. The second-order valence-electron chi connectivity index (χ2n) is 4.06. The van der Waals surface area contributed by atoms with Crippen molar-refractivity contribution in [3.63, 3.8) is 0 Å². The molecule has 0 amide bonds. The van der Waals surface area contributed by atoms with Crippen molar-refractivity contribution < 1.29 is 4.92 Å². The topological polar surface area (TPSA) is 56.0 Å². The Morgan fingerprint density at radius 3 is 2.71 bits per heavy atom. The maximum Gasteiger partial charge on any atom is 0.278 e. The Labute approximate surface area is 98.8 Å². The lowest BCUT2D eigenvalue weighted by Crippen LogP contribution is -1.91. The van der Waals surface area contributed by atoms with E-state index in [1.165, 1.54) is 6.07 Å². The molecule has 0 aliphatic heterocycles. The number of pyridine rings is 1. The zero-order valence-electron chi connectivity index (χ0n) is 9.68. The van der Waals surface area contributed by atoms with Crippen LogP contribution in [-0.4, -0.2) is 9.91 Å². The molecule has 0 radical (unpaired) electrons. The summed E-state index contributed by atoms with van der Waals surface area (Å²) in [6.45, 7) is 3.97. The summed E-state index contributed by atoms with van der Waals surface area (Å²) in [5.74, 6) is 0. The molecule has 0 atom stereocenters. The van der Waals surface area contributed by atoms with E-state index < -0.39 is 0 Å². The summed E-state index contributed by atoms with van der Waals surface area (Å²) in [5.41, 5.74) is 2.70. The van der Waals surface area contributed by atoms with E-state index in [9.17, 15) is 10.1 Å². The van der Waals surface area contributed by atoms with Gasteiger partial charge in [-0.3, -0.25) is 10.1 Å². The third-order valence-corrected chi connectivity index (χ3v) is 2.36. The van der Waals surface area contributed by atoms with Crippen LogP contribution < -0.4 is 0 Å². The van der Waals surface area contributed by atoms with Crippen LogP contribution in [0.2, 0.25) is 0 Å². The number of rotatable bonds is 2. The van der Waals surface area contributed by atoms with Crippen LogP contribution in [-0.2, 0) is 0 Å². The van der Waals surface area contributed by atoms with Gasteiger partial charge in [0.25, 0.3) is 5.69 Å². The highest BCUT2D eigenvalue weighted by molar-refractivity contribution is 5.88. The molecule has 1 heterocycles. The van der Waals surface area contributed by atoms with E-state index in [0.717, 1.165) is 11.3 Å². The summed E-state index contributed by atoms with van der Waals surface area (Å²) in [7, 11) is 0. The van der Waals surface area contributed by atoms with Gasteiger partial charge >= 0.3 is 0 Å². The van der Waals surface area contributed by atoms with Crippen LogP contribution in [0.15, 0.2) is 35.9 Å². The minimum absolute atomic E-state index is 0.0961. The SMILES string of the molecule is CC(C)=Cc1ccc2c([N+](=O)[O-])cccc2n1. The van der Waals surface area contributed by atoms with Gasteiger partial charge in [0.1, 0.15) is 0 Å². The lowest BCUT2D eigenvalue weighted by Gasteiger charge is -2.00. The molecular weight excluding hydrogens is 216 g/mol. The molecule has 0 N–H and O–H groups in total. The predicted octanol–water partition coefficient (Wildman–Crippen LogP) is 3.57. The van der Waals surface area contributed by atoms with Crippen LogP contribution >= 0.6 is 0 Å². The Morgan fingerprint density at radius 2 is 2.06 bits per heavy atom. The van der Waals surface area contributed by atoms with E-state index >= 15 is 0 Å². The molecule has 2 rings (SSSR count). The van der Waals surface area contributed by atoms with Crippen molar-refractivity contribution in [2.24, 2.45) is 0 Å². The largest absolute Gasteiger partial charge is 0.278 e. The van der Waals surface area contributed by atoms with Crippen LogP contribution in [0.1, 0.15) is 19.5 Å². The number of nitro groups is 1. The van der Waals surface area contributed by atoms with E-state index in [-0.39, 0.29) is 10.6 Å². The molecule has 86 valence electrons. The molecule has 0 aliphatic carbocycles. The Bertz CT molecular complexity index is 614. The fourth-order valence-corrected chi connectivity index (χ4v) is 1.69. The second-order valence-corrected chi connectivity index (χ2v) is 4.06. The molecular formula is C13H12N2O2. The first-order chi connectivity index (χ1) is 8.08. The van der Waals surface area contributed by atoms with Crippen molar-refractivity contribution in [3.8, 4) is 0 Å². The minimum atomic E-state index is -0.384. The standard InChI is InChI=1S/C13H12N2O2/c1-9(2)8-10-6-7-11-12(14-10)4-3-5-13(11)15(16)17/h3-8H,1-2H3. The summed E-state index contributed by atoms with van der Waals surface area (Å²) in [6.07, 6.45) is 1.94. The third-order valence-electron chi connectivity index (χ3n) is 2.36. The van der Waals surface area contributed by atoms with Crippen LogP contribution in [0.4, 0.5) is 5.69 Å². The van der Waals surface area contributed by atoms with Crippen molar-refractivity contribution >= 4 is 22.7 Å². The van der Waals surface area contributed by atoms with Gasteiger partial charge in [0.2, 0.25) is 0 Å². The van der Waals surface area contributed by atoms with Crippen molar-refractivity contribution in [2.75, 3.05) is 0 Å². The van der Waals surface area contributed by atoms with Crippen molar-refractivity contribution in [2.45, 2.75) is 13.8 Å². The Morgan fingerprint density at radius 1 is 1.29 bits per heavy atom.